The monoisotopic (exact) mass is 210 g/mol. The Morgan fingerprint density at radius 1 is 1.38 bits per heavy atom. The molecule has 0 aliphatic carbocycles. The van der Waals surface area contributed by atoms with Gasteiger partial charge in [0.25, 0.3) is 0 Å². The lowest BCUT2D eigenvalue weighted by atomic mass is 10.00. The number of hydrogen-bond acceptors (Lipinski definition) is 3. The van der Waals surface area contributed by atoms with Crippen LogP contribution in [0, 0.1) is 5.92 Å². The smallest absolute Gasteiger partial charge is 0.264 e. The Morgan fingerprint density at radius 3 is 2.31 bits per heavy atom. The van der Waals surface area contributed by atoms with Crippen LogP contribution in [0.1, 0.15) is 40.0 Å². The molecule has 0 aliphatic rings. The molecule has 0 bridgehead atoms. The fourth-order valence-corrected chi connectivity index (χ4v) is 1.62. The van der Waals surface area contributed by atoms with Crippen molar-refractivity contribution in [2.45, 2.75) is 46.1 Å². The Labute approximate surface area is 80.2 Å². The Hall–Kier alpha value is -0.130. The summed E-state index contributed by atoms with van der Waals surface area (Å²) in [7, 11) is -4.29. The van der Waals surface area contributed by atoms with Crippen LogP contribution in [0.15, 0.2) is 0 Å². The van der Waals surface area contributed by atoms with E-state index in [1.54, 1.807) is 6.92 Å². The van der Waals surface area contributed by atoms with E-state index in [-0.39, 0.29) is 5.92 Å². The van der Waals surface area contributed by atoms with Gasteiger partial charge in [-0.15, -0.1) is 0 Å². The van der Waals surface area contributed by atoms with Crippen molar-refractivity contribution in [1.82, 2.24) is 0 Å². The number of hydrogen-bond donors (Lipinski definition) is 1. The van der Waals surface area contributed by atoms with Gasteiger partial charge in [0.15, 0.2) is 0 Å². The van der Waals surface area contributed by atoms with Gasteiger partial charge in [-0.2, -0.15) is 8.42 Å². The highest BCUT2D eigenvalue weighted by Gasteiger charge is 2.18. The van der Waals surface area contributed by atoms with Gasteiger partial charge in [0.2, 0.25) is 0 Å². The van der Waals surface area contributed by atoms with E-state index in [2.05, 4.69) is 11.1 Å². The van der Waals surface area contributed by atoms with Crippen molar-refractivity contribution in [3.8, 4) is 0 Å². The zero-order valence-electron chi connectivity index (χ0n) is 8.36. The van der Waals surface area contributed by atoms with Crippen LogP contribution in [0.5, 0.6) is 0 Å². The van der Waals surface area contributed by atoms with Crippen LogP contribution in [-0.4, -0.2) is 19.1 Å². The second kappa shape index (κ2) is 5.57. The molecule has 1 N–H and O–H groups in total. The third-order valence-electron chi connectivity index (χ3n) is 2.09. The van der Waals surface area contributed by atoms with Gasteiger partial charge >= 0.3 is 10.4 Å². The fraction of sp³-hybridized carbons (Fsp3) is 1.00. The van der Waals surface area contributed by atoms with Gasteiger partial charge in [0.05, 0.1) is 6.10 Å². The summed E-state index contributed by atoms with van der Waals surface area (Å²) in [4.78, 5) is 0. The maximum absolute atomic E-state index is 10.4. The normalized spacial score (nSPS) is 16.9. The van der Waals surface area contributed by atoms with Crippen LogP contribution in [0.3, 0.4) is 0 Å². The van der Waals surface area contributed by atoms with E-state index in [1.807, 2.05) is 6.92 Å². The van der Waals surface area contributed by atoms with Crippen LogP contribution in [-0.2, 0) is 14.6 Å². The lowest BCUT2D eigenvalue weighted by molar-refractivity contribution is 0.141. The van der Waals surface area contributed by atoms with Gasteiger partial charge in [-0.3, -0.25) is 4.55 Å². The third kappa shape index (κ3) is 6.98. The Bertz CT molecular complexity index is 222. The predicted molar refractivity (Wildman–Crippen MR) is 50.8 cm³/mol. The predicted octanol–water partition coefficient (Wildman–Crippen LogP) is 2.02. The molecule has 0 aliphatic heterocycles. The van der Waals surface area contributed by atoms with Crippen LogP contribution >= 0.6 is 0 Å². The quantitative estimate of drug-likeness (QED) is 0.681. The molecule has 5 heteroatoms. The lowest BCUT2D eigenvalue weighted by Gasteiger charge is -2.17. The second-order valence-electron chi connectivity index (χ2n) is 3.35. The van der Waals surface area contributed by atoms with Crippen molar-refractivity contribution < 1.29 is 17.2 Å². The molecule has 0 radical (unpaired) electrons. The number of rotatable bonds is 6. The standard InChI is InChI=1S/C8H18O4S/c1-4-5-6-7(2)8(3)12-13(9,10)11/h7-8H,4-6H2,1-3H3,(H,9,10,11). The zero-order valence-corrected chi connectivity index (χ0v) is 9.17. The Morgan fingerprint density at radius 2 is 1.92 bits per heavy atom. The molecule has 80 valence electrons. The van der Waals surface area contributed by atoms with Crippen molar-refractivity contribution in [2.24, 2.45) is 5.92 Å². The average molecular weight is 210 g/mol. The van der Waals surface area contributed by atoms with E-state index in [0.29, 0.717) is 0 Å². The molecule has 0 amide bonds. The van der Waals surface area contributed by atoms with Crippen molar-refractivity contribution in [3.63, 3.8) is 0 Å². The molecule has 0 aromatic rings. The second-order valence-corrected chi connectivity index (χ2v) is 4.40. The van der Waals surface area contributed by atoms with Gasteiger partial charge < -0.3 is 0 Å². The SMILES string of the molecule is CCCCC(C)C(C)OS(=O)(=O)O. The maximum atomic E-state index is 10.4. The van der Waals surface area contributed by atoms with Gasteiger partial charge in [-0.25, -0.2) is 4.18 Å². The largest absolute Gasteiger partial charge is 0.397 e. The molecule has 2 atom stereocenters. The van der Waals surface area contributed by atoms with Gasteiger partial charge in [0.1, 0.15) is 0 Å². The highest BCUT2D eigenvalue weighted by molar-refractivity contribution is 7.80. The molecule has 0 saturated carbocycles. The molecule has 0 rings (SSSR count). The maximum Gasteiger partial charge on any atom is 0.397 e. The van der Waals surface area contributed by atoms with Gasteiger partial charge in [0, 0.05) is 0 Å². The van der Waals surface area contributed by atoms with E-state index in [4.69, 9.17) is 4.55 Å². The van der Waals surface area contributed by atoms with Crippen LogP contribution in [0.4, 0.5) is 0 Å². The molecular formula is C8H18O4S. The molecule has 0 fully saturated rings. The molecule has 0 spiro atoms. The molecule has 0 aromatic carbocycles. The highest BCUT2D eigenvalue weighted by Crippen LogP contribution is 2.15. The summed E-state index contributed by atoms with van der Waals surface area (Å²) >= 11 is 0. The summed E-state index contributed by atoms with van der Waals surface area (Å²) in [5.74, 6) is 0.141. The summed E-state index contributed by atoms with van der Waals surface area (Å²) < 4.78 is 33.5. The molecule has 4 nitrogen and oxygen atoms in total. The van der Waals surface area contributed by atoms with Crippen LogP contribution < -0.4 is 0 Å². The van der Waals surface area contributed by atoms with Gasteiger partial charge in [-0.1, -0.05) is 26.7 Å². The first kappa shape index (κ1) is 12.9. The van der Waals surface area contributed by atoms with E-state index in [1.165, 1.54) is 0 Å². The zero-order chi connectivity index (χ0) is 10.5. The summed E-state index contributed by atoms with van der Waals surface area (Å²) in [5.41, 5.74) is 0. The highest BCUT2D eigenvalue weighted by atomic mass is 32.3. The minimum Gasteiger partial charge on any atom is -0.264 e. The van der Waals surface area contributed by atoms with Crippen LogP contribution in [0.2, 0.25) is 0 Å². The topological polar surface area (TPSA) is 63.6 Å². The summed E-state index contributed by atoms with van der Waals surface area (Å²) in [6.45, 7) is 5.63. The van der Waals surface area contributed by atoms with E-state index >= 15 is 0 Å². The molecule has 0 saturated heterocycles. The molecule has 13 heavy (non-hydrogen) atoms. The first-order valence-electron chi connectivity index (χ1n) is 4.52. The summed E-state index contributed by atoms with van der Waals surface area (Å²) in [6, 6.07) is 0. The molecule has 0 heterocycles. The van der Waals surface area contributed by atoms with E-state index in [9.17, 15) is 8.42 Å². The Balaban J connectivity index is 3.89. The average Bonchev–Trinajstić information content (AvgIpc) is 1.96. The molecular weight excluding hydrogens is 192 g/mol. The Kier molecular flexibility index (Phi) is 5.51. The summed E-state index contributed by atoms with van der Waals surface area (Å²) in [6.07, 6.45) is 2.57. The fourth-order valence-electron chi connectivity index (χ4n) is 1.05. The summed E-state index contributed by atoms with van der Waals surface area (Å²) in [5, 5.41) is 0. The van der Waals surface area contributed by atoms with Crippen molar-refractivity contribution >= 4 is 10.4 Å². The molecule has 2 unspecified atom stereocenters. The van der Waals surface area contributed by atoms with E-state index in [0.717, 1.165) is 19.3 Å². The van der Waals surface area contributed by atoms with Crippen molar-refractivity contribution in [1.29, 1.82) is 0 Å². The first-order chi connectivity index (χ1) is 5.87. The van der Waals surface area contributed by atoms with Crippen LogP contribution in [0.25, 0.3) is 0 Å². The van der Waals surface area contributed by atoms with Crippen molar-refractivity contribution in [3.05, 3.63) is 0 Å². The third-order valence-corrected chi connectivity index (χ3v) is 2.63. The van der Waals surface area contributed by atoms with Gasteiger partial charge in [-0.05, 0) is 19.3 Å². The van der Waals surface area contributed by atoms with Crippen molar-refractivity contribution in [2.75, 3.05) is 0 Å². The van der Waals surface area contributed by atoms with E-state index < -0.39 is 16.5 Å². The molecule has 0 aromatic heterocycles. The minimum absolute atomic E-state index is 0.141. The first-order valence-corrected chi connectivity index (χ1v) is 5.89. The lowest BCUT2D eigenvalue weighted by Crippen LogP contribution is -2.21. The number of unbranched alkanes of at least 4 members (excludes halogenated alkanes) is 1. The minimum atomic E-state index is -4.29.